The summed E-state index contributed by atoms with van der Waals surface area (Å²) >= 11 is 0. The number of carbonyl (C=O) groups is 1. The number of pyridine rings is 1. The van der Waals surface area contributed by atoms with E-state index in [9.17, 15) is 14.8 Å². The van der Waals surface area contributed by atoms with Crippen LogP contribution in [0.5, 0.6) is 11.5 Å². The molecule has 7 nitrogen and oxygen atoms in total. The average molecular weight is 304 g/mol. The van der Waals surface area contributed by atoms with E-state index in [0.29, 0.717) is 10.5 Å². The number of amides is 1. The number of aromatic nitrogens is 1. The predicted molar refractivity (Wildman–Crippen MR) is 78.1 cm³/mol. The molecule has 0 spiro atoms. The third-order valence-electron chi connectivity index (χ3n) is 3.08. The maximum atomic E-state index is 11.8. The molecule has 1 aromatic carbocycles. The van der Waals surface area contributed by atoms with Crippen molar-refractivity contribution in [3.05, 3.63) is 58.0 Å². The molecule has 0 saturated carbocycles. The first-order valence-corrected chi connectivity index (χ1v) is 6.53. The van der Waals surface area contributed by atoms with Crippen LogP contribution in [0.2, 0.25) is 0 Å². The fourth-order valence-electron chi connectivity index (χ4n) is 1.87. The molecule has 0 aliphatic carbocycles. The summed E-state index contributed by atoms with van der Waals surface area (Å²) in [5, 5.41) is 21.3. The van der Waals surface area contributed by atoms with Crippen LogP contribution in [0.4, 0.5) is 0 Å². The minimum atomic E-state index is -0.621. The molecule has 0 aliphatic heterocycles. The van der Waals surface area contributed by atoms with E-state index in [1.165, 1.54) is 0 Å². The minimum Gasteiger partial charge on any atom is -0.503 e. The van der Waals surface area contributed by atoms with E-state index in [4.69, 9.17) is 9.84 Å². The predicted octanol–water partition coefficient (Wildman–Crippen LogP) is 0.659. The van der Waals surface area contributed by atoms with Crippen LogP contribution in [-0.2, 0) is 17.8 Å². The molecule has 2 aromatic rings. The summed E-state index contributed by atoms with van der Waals surface area (Å²) < 4.78 is 5.63. The van der Waals surface area contributed by atoms with Gasteiger partial charge in [-0.05, 0) is 17.7 Å². The van der Waals surface area contributed by atoms with E-state index in [1.54, 1.807) is 31.4 Å². The summed E-state index contributed by atoms with van der Waals surface area (Å²) in [5.74, 6) is -0.112. The summed E-state index contributed by atoms with van der Waals surface area (Å²) in [6.07, 6.45) is 1.05. The highest BCUT2D eigenvalue weighted by molar-refractivity contribution is 5.78. The molecular formula is C15H16N2O5. The zero-order valence-corrected chi connectivity index (χ0v) is 11.9. The van der Waals surface area contributed by atoms with Gasteiger partial charge in [-0.3, -0.25) is 9.59 Å². The second-order valence-electron chi connectivity index (χ2n) is 4.66. The first-order chi connectivity index (χ1) is 10.5. The van der Waals surface area contributed by atoms with E-state index in [1.807, 2.05) is 0 Å². The number of rotatable bonds is 5. The van der Waals surface area contributed by atoms with E-state index in [2.05, 4.69) is 5.32 Å². The topological polar surface area (TPSA) is 101 Å². The normalized spacial score (nSPS) is 10.2. The Kier molecular flexibility index (Phi) is 4.67. The molecule has 0 aliphatic rings. The zero-order valence-electron chi connectivity index (χ0n) is 11.9. The van der Waals surface area contributed by atoms with Crippen molar-refractivity contribution in [2.45, 2.75) is 13.0 Å². The highest BCUT2D eigenvalue weighted by Gasteiger charge is 2.08. The van der Waals surface area contributed by atoms with Gasteiger partial charge in [-0.25, -0.2) is 0 Å². The van der Waals surface area contributed by atoms with Crippen LogP contribution >= 0.6 is 0 Å². The molecule has 0 radical (unpaired) electrons. The smallest absolute Gasteiger partial charge is 0.224 e. The third kappa shape index (κ3) is 3.78. The maximum absolute atomic E-state index is 11.8. The van der Waals surface area contributed by atoms with Crippen molar-refractivity contribution in [2.24, 2.45) is 0 Å². The van der Waals surface area contributed by atoms with Crippen LogP contribution in [0.25, 0.3) is 0 Å². The van der Waals surface area contributed by atoms with E-state index in [-0.39, 0.29) is 24.6 Å². The molecule has 0 saturated heterocycles. The van der Waals surface area contributed by atoms with Crippen LogP contribution in [0.15, 0.2) is 41.3 Å². The van der Waals surface area contributed by atoms with Crippen molar-refractivity contribution in [3.8, 4) is 11.5 Å². The standard InChI is InChI=1S/C15H16N2O5/c1-22-12-4-2-10(3-5-12)6-15(20)16-8-11-7-13(18)14(19)9-17(11)21/h2-5,7,9,19,21H,6,8H2,1H3,(H,16,20). The Labute approximate surface area is 126 Å². The first kappa shape index (κ1) is 15.4. The average Bonchev–Trinajstić information content (AvgIpc) is 2.50. The summed E-state index contributed by atoms with van der Waals surface area (Å²) in [4.78, 5) is 23.1. The second kappa shape index (κ2) is 6.66. The molecule has 22 heavy (non-hydrogen) atoms. The van der Waals surface area contributed by atoms with E-state index in [0.717, 1.165) is 17.8 Å². The van der Waals surface area contributed by atoms with Gasteiger partial charge in [0.05, 0.1) is 32.0 Å². The number of nitrogens with one attached hydrogen (secondary N) is 1. The first-order valence-electron chi connectivity index (χ1n) is 6.53. The lowest BCUT2D eigenvalue weighted by Gasteiger charge is -2.09. The van der Waals surface area contributed by atoms with Crippen molar-refractivity contribution in [1.29, 1.82) is 0 Å². The van der Waals surface area contributed by atoms with Crippen molar-refractivity contribution < 1.29 is 19.8 Å². The van der Waals surface area contributed by atoms with Crippen molar-refractivity contribution >= 4 is 5.91 Å². The summed E-state index contributed by atoms with van der Waals surface area (Å²) in [5.41, 5.74) is 0.362. The minimum absolute atomic E-state index is 0.0268. The van der Waals surface area contributed by atoms with Gasteiger partial charge in [0.25, 0.3) is 0 Å². The summed E-state index contributed by atoms with van der Waals surface area (Å²) in [6.45, 7) is -0.0268. The third-order valence-corrected chi connectivity index (χ3v) is 3.08. The molecule has 0 unspecified atom stereocenters. The Hall–Kier alpha value is -2.96. The lowest BCUT2D eigenvalue weighted by atomic mass is 10.1. The Morgan fingerprint density at radius 1 is 1.32 bits per heavy atom. The molecule has 0 fully saturated rings. The monoisotopic (exact) mass is 304 g/mol. The van der Waals surface area contributed by atoms with Crippen molar-refractivity contribution in [3.63, 3.8) is 0 Å². The van der Waals surface area contributed by atoms with Crippen LogP contribution in [0.1, 0.15) is 11.3 Å². The van der Waals surface area contributed by atoms with Crippen LogP contribution in [0, 0.1) is 0 Å². The Bertz CT molecular complexity index is 722. The number of nitrogens with zero attached hydrogens (tertiary/aromatic N) is 1. The quantitative estimate of drug-likeness (QED) is 0.704. The van der Waals surface area contributed by atoms with Gasteiger partial charge in [-0.15, -0.1) is 0 Å². The fourth-order valence-corrected chi connectivity index (χ4v) is 1.87. The zero-order chi connectivity index (χ0) is 16.1. The molecule has 3 N–H and O–H groups in total. The highest BCUT2D eigenvalue weighted by atomic mass is 16.5. The van der Waals surface area contributed by atoms with Crippen molar-refractivity contribution in [1.82, 2.24) is 10.0 Å². The Morgan fingerprint density at radius 3 is 2.64 bits per heavy atom. The molecule has 0 bridgehead atoms. The SMILES string of the molecule is COc1ccc(CC(=O)NCc2cc(=O)c(O)cn2O)cc1. The molecule has 1 heterocycles. The highest BCUT2D eigenvalue weighted by Crippen LogP contribution is 2.11. The summed E-state index contributed by atoms with van der Waals surface area (Å²) in [7, 11) is 1.56. The van der Waals surface area contributed by atoms with E-state index < -0.39 is 11.2 Å². The van der Waals surface area contributed by atoms with Gasteiger partial charge in [-0.1, -0.05) is 12.1 Å². The number of aromatic hydroxyl groups is 1. The molecule has 0 atom stereocenters. The fraction of sp³-hybridized carbons (Fsp3) is 0.200. The second-order valence-corrected chi connectivity index (χ2v) is 4.66. The molecule has 7 heteroatoms. The van der Waals surface area contributed by atoms with Gasteiger partial charge in [0.1, 0.15) is 5.75 Å². The number of carbonyl (C=O) groups excluding carboxylic acids is 1. The molecule has 2 rings (SSSR count). The van der Waals surface area contributed by atoms with Gasteiger partial charge in [0.15, 0.2) is 5.75 Å². The number of benzene rings is 1. The molecule has 1 aromatic heterocycles. The van der Waals surface area contributed by atoms with Crippen LogP contribution in [-0.4, -0.2) is 28.1 Å². The van der Waals surface area contributed by atoms with Crippen LogP contribution in [0.3, 0.4) is 0 Å². The van der Waals surface area contributed by atoms with E-state index >= 15 is 0 Å². The largest absolute Gasteiger partial charge is 0.503 e. The number of ether oxygens (including phenoxy) is 1. The lowest BCUT2D eigenvalue weighted by Crippen LogP contribution is -2.27. The van der Waals surface area contributed by atoms with Gasteiger partial charge >= 0.3 is 0 Å². The molecule has 116 valence electrons. The molecule has 1 amide bonds. The van der Waals surface area contributed by atoms with Gasteiger partial charge in [0, 0.05) is 6.07 Å². The van der Waals surface area contributed by atoms with Gasteiger partial charge in [0.2, 0.25) is 11.3 Å². The van der Waals surface area contributed by atoms with Gasteiger partial charge < -0.3 is 20.4 Å². The number of hydrogen-bond donors (Lipinski definition) is 3. The Morgan fingerprint density at radius 2 is 2.00 bits per heavy atom. The van der Waals surface area contributed by atoms with Gasteiger partial charge in [-0.2, -0.15) is 4.73 Å². The summed E-state index contributed by atoms with van der Waals surface area (Å²) in [6, 6.07) is 8.13. The Balaban J connectivity index is 1.95. The van der Waals surface area contributed by atoms with Crippen LogP contribution < -0.4 is 15.5 Å². The lowest BCUT2D eigenvalue weighted by molar-refractivity contribution is -0.120. The number of hydrogen-bond acceptors (Lipinski definition) is 5. The maximum Gasteiger partial charge on any atom is 0.224 e. The van der Waals surface area contributed by atoms with Crippen molar-refractivity contribution in [2.75, 3.05) is 7.11 Å². The molecular weight excluding hydrogens is 288 g/mol. The number of methoxy groups -OCH3 is 1.